The molecule has 3 heteroatoms. The zero-order valence-corrected chi connectivity index (χ0v) is 4.06. The van der Waals surface area contributed by atoms with Crippen molar-refractivity contribution in [1.29, 1.82) is 0 Å². The topological polar surface area (TPSA) is 31.2 Å². The van der Waals surface area contributed by atoms with Gasteiger partial charge >= 0.3 is 29.6 Å². The Balaban J connectivity index is 0. The van der Waals surface area contributed by atoms with Crippen LogP contribution in [0, 0.1) is 0 Å². The van der Waals surface area contributed by atoms with Gasteiger partial charge in [-0.2, -0.15) is 0 Å². The van der Waals surface area contributed by atoms with E-state index >= 15 is 0 Å². The summed E-state index contributed by atoms with van der Waals surface area (Å²) in [5.74, 6) is -0.0324. The molecule has 0 atom stereocenters. The number of hydrogen-bond acceptors (Lipinski definition) is 1. The molecule has 0 rings (SSSR count). The summed E-state index contributed by atoms with van der Waals surface area (Å²) < 4.78 is 0. The summed E-state index contributed by atoms with van der Waals surface area (Å²) in [6.45, 7) is 1.79. The van der Waals surface area contributed by atoms with Gasteiger partial charge in [-0.05, 0) is 0 Å². The second kappa shape index (κ2) is 6.47. The van der Waals surface area contributed by atoms with Gasteiger partial charge in [0, 0.05) is 13.5 Å². The molecule has 0 bridgehead atoms. The van der Waals surface area contributed by atoms with Gasteiger partial charge in [0.15, 0.2) is 0 Å². The Morgan fingerprint density at radius 2 is 2.14 bits per heavy atom. The van der Waals surface area contributed by atoms with E-state index in [2.05, 4.69) is 5.32 Å². The average molecular weight is 110 g/mol. The summed E-state index contributed by atoms with van der Waals surface area (Å²) in [4.78, 5) is 10.0. The number of hydrogen-bond donors (Lipinski definition) is 0. The molecule has 0 aromatic carbocycles. The van der Waals surface area contributed by atoms with E-state index < -0.39 is 0 Å². The van der Waals surface area contributed by atoms with Crippen LogP contribution in [0.4, 0.5) is 0 Å². The van der Waals surface area contributed by atoms with Gasteiger partial charge in [0.05, 0.1) is 0 Å². The van der Waals surface area contributed by atoms with E-state index in [0.717, 1.165) is 0 Å². The second-order valence-corrected chi connectivity index (χ2v) is 0.971. The van der Waals surface area contributed by atoms with Crippen molar-refractivity contribution in [3.8, 4) is 0 Å². The van der Waals surface area contributed by atoms with E-state index in [1.54, 1.807) is 6.92 Å². The number of carbonyl (C=O) groups excluding carboxylic acids is 1. The van der Waals surface area contributed by atoms with Gasteiger partial charge in [-0.25, -0.2) is 0 Å². The SMILES string of the molecule is CCC(=O)[N]C.[NaH]. The zero-order valence-electron chi connectivity index (χ0n) is 4.06. The Hall–Kier alpha value is 0.470. The van der Waals surface area contributed by atoms with E-state index in [1.165, 1.54) is 7.05 Å². The molecule has 0 fully saturated rings. The number of rotatable bonds is 1. The third-order valence-corrected chi connectivity index (χ3v) is 0.552. The van der Waals surface area contributed by atoms with Crippen LogP contribution in [0.1, 0.15) is 13.3 Å². The summed E-state index contributed by atoms with van der Waals surface area (Å²) in [7, 11) is 1.51. The Kier molecular flexibility index (Phi) is 9.66. The summed E-state index contributed by atoms with van der Waals surface area (Å²) in [6.07, 6.45) is 0.524. The molecule has 37 valence electrons. The first-order valence-corrected chi connectivity index (χ1v) is 1.94. The minimum absolute atomic E-state index is 0. The van der Waals surface area contributed by atoms with E-state index in [0.29, 0.717) is 6.42 Å². The first-order chi connectivity index (χ1) is 2.81. The predicted octanol–water partition coefficient (Wildman–Crippen LogP) is -0.491. The van der Waals surface area contributed by atoms with Crippen molar-refractivity contribution in [2.24, 2.45) is 0 Å². The molecular formula is C4H9NNaO. The molecule has 0 aromatic heterocycles. The quantitative estimate of drug-likeness (QED) is 0.419. The molecule has 1 radical (unpaired) electrons. The first kappa shape index (κ1) is 10.5. The maximum absolute atomic E-state index is 10.0. The fourth-order valence-electron chi connectivity index (χ4n) is 0.158. The summed E-state index contributed by atoms with van der Waals surface area (Å²) >= 11 is 0. The van der Waals surface area contributed by atoms with Crippen LogP contribution in [0.15, 0.2) is 0 Å². The van der Waals surface area contributed by atoms with Crippen LogP contribution in [-0.4, -0.2) is 42.5 Å². The molecule has 1 amide bonds. The fourth-order valence-corrected chi connectivity index (χ4v) is 0.158. The number of amides is 1. The van der Waals surface area contributed by atoms with Crippen LogP contribution in [-0.2, 0) is 4.79 Å². The van der Waals surface area contributed by atoms with Crippen LogP contribution in [0.2, 0.25) is 0 Å². The van der Waals surface area contributed by atoms with Gasteiger partial charge in [0.2, 0.25) is 5.91 Å². The number of nitrogens with zero attached hydrogens (tertiary/aromatic N) is 1. The average Bonchev–Trinajstić information content (AvgIpc) is 1.65. The van der Waals surface area contributed by atoms with Gasteiger partial charge in [-0.3, -0.25) is 10.1 Å². The van der Waals surface area contributed by atoms with Crippen LogP contribution in [0.3, 0.4) is 0 Å². The Labute approximate surface area is 66.0 Å². The fraction of sp³-hybridized carbons (Fsp3) is 0.750. The molecular weight excluding hydrogens is 101 g/mol. The van der Waals surface area contributed by atoms with Crippen molar-refractivity contribution < 1.29 is 4.79 Å². The standard InChI is InChI=1S/C4H8NO.Na.H/c1-3-4(6)5-2;;/h3H2,1-2H3;;. The minimum atomic E-state index is -0.0324. The van der Waals surface area contributed by atoms with Crippen molar-refractivity contribution in [2.45, 2.75) is 13.3 Å². The van der Waals surface area contributed by atoms with Gasteiger partial charge in [-0.15, -0.1) is 0 Å². The van der Waals surface area contributed by atoms with Gasteiger partial charge < -0.3 is 0 Å². The molecule has 0 spiro atoms. The van der Waals surface area contributed by atoms with Crippen molar-refractivity contribution in [2.75, 3.05) is 7.05 Å². The molecule has 0 aliphatic rings. The predicted molar refractivity (Wildman–Crippen MR) is 30.5 cm³/mol. The molecule has 7 heavy (non-hydrogen) atoms. The molecule has 0 unspecified atom stereocenters. The molecule has 0 N–H and O–H groups in total. The molecule has 2 nitrogen and oxygen atoms in total. The van der Waals surface area contributed by atoms with Crippen LogP contribution in [0.5, 0.6) is 0 Å². The van der Waals surface area contributed by atoms with Crippen LogP contribution >= 0.6 is 0 Å². The van der Waals surface area contributed by atoms with E-state index in [-0.39, 0.29) is 35.5 Å². The van der Waals surface area contributed by atoms with Gasteiger partial charge in [0.25, 0.3) is 0 Å². The maximum atomic E-state index is 10.0. The Bertz CT molecular complexity index is 49.7. The first-order valence-electron chi connectivity index (χ1n) is 1.94. The molecule has 0 saturated heterocycles. The normalized spacial score (nSPS) is 6.57. The van der Waals surface area contributed by atoms with Crippen molar-refractivity contribution in [1.82, 2.24) is 5.32 Å². The van der Waals surface area contributed by atoms with E-state index in [1.807, 2.05) is 0 Å². The van der Waals surface area contributed by atoms with Crippen molar-refractivity contribution in [3.63, 3.8) is 0 Å². The van der Waals surface area contributed by atoms with E-state index in [4.69, 9.17) is 0 Å². The molecule has 0 saturated carbocycles. The van der Waals surface area contributed by atoms with Crippen LogP contribution < -0.4 is 5.32 Å². The summed E-state index contributed by atoms with van der Waals surface area (Å²) in [5, 5.41) is 3.37. The van der Waals surface area contributed by atoms with Gasteiger partial charge in [0.1, 0.15) is 0 Å². The van der Waals surface area contributed by atoms with E-state index in [9.17, 15) is 4.79 Å². The molecule has 0 aliphatic carbocycles. The molecule has 0 aromatic rings. The monoisotopic (exact) mass is 110 g/mol. The summed E-state index contributed by atoms with van der Waals surface area (Å²) in [5.41, 5.74) is 0. The number of carbonyl (C=O) groups is 1. The van der Waals surface area contributed by atoms with Crippen molar-refractivity contribution >= 4 is 35.5 Å². The third kappa shape index (κ3) is 6.47. The Morgan fingerprint density at radius 3 is 2.14 bits per heavy atom. The van der Waals surface area contributed by atoms with Crippen molar-refractivity contribution in [3.05, 3.63) is 0 Å². The summed E-state index contributed by atoms with van der Waals surface area (Å²) in [6, 6.07) is 0. The van der Waals surface area contributed by atoms with Crippen LogP contribution in [0.25, 0.3) is 0 Å². The zero-order chi connectivity index (χ0) is 4.99. The third-order valence-electron chi connectivity index (χ3n) is 0.552. The Morgan fingerprint density at radius 1 is 1.71 bits per heavy atom. The van der Waals surface area contributed by atoms with Gasteiger partial charge in [-0.1, -0.05) is 6.92 Å². The molecule has 0 aliphatic heterocycles. The molecule has 0 heterocycles. The second-order valence-electron chi connectivity index (χ2n) is 0.971.